The number of ether oxygens (including phenoxy) is 2. The Morgan fingerprint density at radius 2 is 1.97 bits per heavy atom. The Balaban J connectivity index is 1.63. The van der Waals surface area contributed by atoms with Crippen molar-refractivity contribution in [3.8, 4) is 23.1 Å². The molecule has 0 radical (unpaired) electrons. The third kappa shape index (κ3) is 4.56. The maximum Gasteiger partial charge on any atom is 0.233 e. The van der Waals surface area contributed by atoms with E-state index in [-0.39, 0.29) is 11.7 Å². The molecular formula is C20H24N4O4S. The van der Waals surface area contributed by atoms with Gasteiger partial charge in [0, 0.05) is 20.6 Å². The minimum absolute atomic E-state index is 0.00765. The molecule has 0 N–H and O–H groups in total. The van der Waals surface area contributed by atoms with Gasteiger partial charge >= 0.3 is 0 Å². The summed E-state index contributed by atoms with van der Waals surface area (Å²) in [6, 6.07) is 7.44. The van der Waals surface area contributed by atoms with Crippen LogP contribution in [0.15, 0.2) is 40.1 Å². The van der Waals surface area contributed by atoms with Gasteiger partial charge in [0.25, 0.3) is 0 Å². The van der Waals surface area contributed by atoms with Gasteiger partial charge in [-0.3, -0.25) is 4.79 Å². The normalized spacial score (nSPS) is 10.8. The summed E-state index contributed by atoms with van der Waals surface area (Å²) >= 11 is 1.34. The van der Waals surface area contributed by atoms with E-state index in [9.17, 15) is 4.79 Å². The zero-order valence-electron chi connectivity index (χ0n) is 17.1. The van der Waals surface area contributed by atoms with Gasteiger partial charge in [-0.2, -0.15) is 0 Å². The Morgan fingerprint density at radius 1 is 1.24 bits per heavy atom. The number of aryl methyl sites for hydroxylation is 1. The molecule has 2 aromatic heterocycles. The third-order valence-electron chi connectivity index (χ3n) is 4.58. The summed E-state index contributed by atoms with van der Waals surface area (Å²) in [6.45, 7) is 2.46. The van der Waals surface area contributed by atoms with Crippen molar-refractivity contribution in [2.75, 3.05) is 27.0 Å². The lowest BCUT2D eigenvalue weighted by Gasteiger charge is -2.20. The highest BCUT2D eigenvalue weighted by Crippen LogP contribution is 2.31. The van der Waals surface area contributed by atoms with Crippen LogP contribution < -0.4 is 9.47 Å². The smallest absolute Gasteiger partial charge is 0.233 e. The first-order valence-electron chi connectivity index (χ1n) is 8.96. The van der Waals surface area contributed by atoms with Gasteiger partial charge in [-0.15, -0.1) is 10.2 Å². The summed E-state index contributed by atoms with van der Waals surface area (Å²) in [4.78, 5) is 14.3. The van der Waals surface area contributed by atoms with Gasteiger partial charge in [0.15, 0.2) is 28.2 Å². The van der Waals surface area contributed by atoms with Crippen LogP contribution >= 0.6 is 11.8 Å². The number of thioether (sulfide) groups is 1. The average Bonchev–Trinajstić information content (AvgIpc) is 3.36. The number of carbonyl (C=O) groups excluding carboxylic acids is 1. The molecule has 0 saturated heterocycles. The molecule has 0 spiro atoms. The zero-order chi connectivity index (χ0) is 21.0. The van der Waals surface area contributed by atoms with Crippen LogP contribution in [-0.2, 0) is 18.4 Å². The van der Waals surface area contributed by atoms with Crippen molar-refractivity contribution < 1.29 is 18.7 Å². The largest absolute Gasteiger partial charge is 0.493 e. The van der Waals surface area contributed by atoms with Crippen LogP contribution in [0, 0.1) is 6.92 Å². The first kappa shape index (κ1) is 20.8. The van der Waals surface area contributed by atoms with E-state index in [1.165, 1.54) is 11.8 Å². The van der Waals surface area contributed by atoms with E-state index in [0.29, 0.717) is 34.8 Å². The standard InChI is InChI=1S/C20H24N4O4S/c1-13-9-16(26-4)17(27-5)10-14(13)11-23(2)18(25)12-29-20-22-21-19(24(20)3)15-7-6-8-28-15/h6-10H,11-12H2,1-5H3. The monoisotopic (exact) mass is 416 g/mol. The number of aromatic nitrogens is 3. The second kappa shape index (κ2) is 9.04. The lowest BCUT2D eigenvalue weighted by molar-refractivity contribution is -0.127. The summed E-state index contributed by atoms with van der Waals surface area (Å²) in [5.41, 5.74) is 2.04. The fourth-order valence-electron chi connectivity index (χ4n) is 2.83. The van der Waals surface area contributed by atoms with E-state index in [1.807, 2.05) is 36.7 Å². The quantitative estimate of drug-likeness (QED) is 0.522. The minimum atomic E-state index is -0.00765. The van der Waals surface area contributed by atoms with E-state index in [2.05, 4.69) is 10.2 Å². The Labute approximate surface area is 173 Å². The number of hydrogen-bond acceptors (Lipinski definition) is 7. The van der Waals surface area contributed by atoms with Crippen molar-refractivity contribution in [2.45, 2.75) is 18.6 Å². The molecule has 3 rings (SSSR count). The SMILES string of the molecule is COc1cc(C)c(CN(C)C(=O)CSc2nnc(-c3ccco3)n2C)cc1OC. The van der Waals surface area contributed by atoms with E-state index in [1.54, 1.807) is 38.5 Å². The average molecular weight is 417 g/mol. The van der Waals surface area contributed by atoms with Gasteiger partial charge in [0.1, 0.15) is 0 Å². The number of methoxy groups -OCH3 is 2. The first-order valence-corrected chi connectivity index (χ1v) is 9.94. The third-order valence-corrected chi connectivity index (χ3v) is 5.58. The van der Waals surface area contributed by atoms with Crippen molar-refractivity contribution in [1.82, 2.24) is 19.7 Å². The number of benzene rings is 1. The molecule has 0 aliphatic heterocycles. The molecule has 0 fully saturated rings. The van der Waals surface area contributed by atoms with E-state index >= 15 is 0 Å². The lowest BCUT2D eigenvalue weighted by Crippen LogP contribution is -2.28. The topological polar surface area (TPSA) is 82.6 Å². The van der Waals surface area contributed by atoms with Crippen molar-refractivity contribution >= 4 is 17.7 Å². The van der Waals surface area contributed by atoms with Gasteiger partial charge in [-0.25, -0.2) is 0 Å². The van der Waals surface area contributed by atoms with E-state index < -0.39 is 0 Å². The molecule has 0 aliphatic rings. The van der Waals surface area contributed by atoms with Crippen molar-refractivity contribution in [3.63, 3.8) is 0 Å². The van der Waals surface area contributed by atoms with Crippen LogP contribution in [0.2, 0.25) is 0 Å². The number of rotatable bonds is 8. The van der Waals surface area contributed by atoms with Gasteiger partial charge in [-0.05, 0) is 42.3 Å². The van der Waals surface area contributed by atoms with Gasteiger partial charge in [-0.1, -0.05) is 11.8 Å². The molecule has 3 aromatic rings. The van der Waals surface area contributed by atoms with Crippen LogP contribution in [0.5, 0.6) is 11.5 Å². The molecule has 29 heavy (non-hydrogen) atoms. The number of hydrogen-bond donors (Lipinski definition) is 0. The van der Waals surface area contributed by atoms with Crippen LogP contribution in [0.4, 0.5) is 0 Å². The molecule has 1 amide bonds. The molecule has 0 unspecified atom stereocenters. The molecule has 8 nitrogen and oxygen atoms in total. The maximum atomic E-state index is 12.6. The molecule has 154 valence electrons. The molecule has 0 atom stereocenters. The summed E-state index contributed by atoms with van der Waals surface area (Å²) in [6.07, 6.45) is 1.59. The predicted molar refractivity (Wildman–Crippen MR) is 110 cm³/mol. The highest BCUT2D eigenvalue weighted by molar-refractivity contribution is 7.99. The summed E-state index contributed by atoms with van der Waals surface area (Å²) in [7, 11) is 6.83. The van der Waals surface area contributed by atoms with Crippen molar-refractivity contribution in [1.29, 1.82) is 0 Å². The zero-order valence-corrected chi connectivity index (χ0v) is 17.9. The van der Waals surface area contributed by atoms with Gasteiger partial charge in [0.2, 0.25) is 5.91 Å². The summed E-state index contributed by atoms with van der Waals surface area (Å²) in [5.74, 6) is 2.83. The Kier molecular flexibility index (Phi) is 6.48. The lowest BCUT2D eigenvalue weighted by atomic mass is 10.1. The van der Waals surface area contributed by atoms with Crippen LogP contribution in [-0.4, -0.2) is 52.6 Å². The van der Waals surface area contributed by atoms with Crippen molar-refractivity contribution in [2.24, 2.45) is 7.05 Å². The minimum Gasteiger partial charge on any atom is -0.493 e. The fourth-order valence-corrected chi connectivity index (χ4v) is 3.69. The number of furan rings is 1. The highest BCUT2D eigenvalue weighted by atomic mass is 32.2. The molecule has 0 aliphatic carbocycles. The Morgan fingerprint density at radius 3 is 2.62 bits per heavy atom. The summed E-state index contributed by atoms with van der Waals surface area (Å²) in [5, 5.41) is 8.95. The van der Waals surface area contributed by atoms with Crippen LogP contribution in [0.25, 0.3) is 11.6 Å². The van der Waals surface area contributed by atoms with Gasteiger partial charge in [0.05, 0.1) is 26.2 Å². The molecule has 2 heterocycles. The Hall–Kier alpha value is -2.94. The maximum absolute atomic E-state index is 12.6. The molecular weight excluding hydrogens is 392 g/mol. The molecule has 0 saturated carbocycles. The second-order valence-corrected chi connectivity index (χ2v) is 7.46. The first-order chi connectivity index (χ1) is 13.9. The fraction of sp³-hybridized carbons (Fsp3) is 0.350. The molecule has 9 heteroatoms. The van der Waals surface area contributed by atoms with Gasteiger partial charge < -0.3 is 23.4 Å². The number of amides is 1. The molecule has 1 aromatic carbocycles. The second-order valence-electron chi connectivity index (χ2n) is 6.51. The summed E-state index contributed by atoms with van der Waals surface area (Å²) < 4.78 is 17.9. The van der Waals surface area contributed by atoms with Crippen LogP contribution in [0.1, 0.15) is 11.1 Å². The molecule has 0 bridgehead atoms. The number of nitrogens with zero attached hydrogens (tertiary/aromatic N) is 4. The van der Waals surface area contributed by atoms with E-state index in [4.69, 9.17) is 13.9 Å². The predicted octanol–water partition coefficient (Wildman–Crippen LogP) is 3.15. The van der Waals surface area contributed by atoms with Crippen molar-refractivity contribution in [3.05, 3.63) is 41.7 Å². The van der Waals surface area contributed by atoms with E-state index in [0.717, 1.165) is 11.1 Å². The highest BCUT2D eigenvalue weighted by Gasteiger charge is 2.17. The Bertz CT molecular complexity index is 985. The number of carbonyl (C=O) groups is 1. The van der Waals surface area contributed by atoms with Crippen LogP contribution in [0.3, 0.4) is 0 Å².